The molecule has 0 spiro atoms. The van der Waals surface area contributed by atoms with Crippen molar-refractivity contribution in [3.8, 4) is 12.3 Å². The zero-order valence-corrected chi connectivity index (χ0v) is 7.19. The molecule has 0 aliphatic rings. The summed E-state index contributed by atoms with van der Waals surface area (Å²) < 4.78 is 1.37. The molecule has 0 aliphatic carbocycles. The van der Waals surface area contributed by atoms with Gasteiger partial charge in [-0.15, -0.1) is 6.42 Å². The number of nitrogens with one attached hydrogen (secondary N) is 1. The number of aromatic amines is 1. The quantitative estimate of drug-likeness (QED) is 0.582. The minimum absolute atomic E-state index is 0.117. The summed E-state index contributed by atoms with van der Waals surface area (Å²) in [7, 11) is 0. The van der Waals surface area contributed by atoms with Gasteiger partial charge in [0.2, 0.25) is 5.95 Å². The Balaban J connectivity index is 2.79. The predicted octanol–water partition coefficient (Wildman–Crippen LogP) is -0.665. The number of nitrogen functional groups attached to an aromatic ring is 1. The number of aromatic nitrogens is 4. The molecule has 2 rings (SSSR count). The van der Waals surface area contributed by atoms with Crippen LogP contribution < -0.4 is 11.4 Å². The summed E-state index contributed by atoms with van der Waals surface area (Å²) >= 11 is 0. The van der Waals surface area contributed by atoms with E-state index in [9.17, 15) is 4.79 Å². The second-order valence-electron chi connectivity index (χ2n) is 2.68. The number of nitrogens with zero attached hydrogens (tertiary/aromatic N) is 3. The van der Waals surface area contributed by atoms with Crippen molar-refractivity contribution in [1.82, 2.24) is 19.5 Å². The van der Waals surface area contributed by atoms with Gasteiger partial charge in [0, 0.05) is 0 Å². The number of anilines is 1. The van der Waals surface area contributed by atoms with Gasteiger partial charge in [-0.2, -0.15) is 4.98 Å². The third kappa shape index (κ3) is 1.11. The molecule has 2 heterocycles. The number of rotatable bonds is 1. The molecule has 0 aromatic carbocycles. The minimum Gasteiger partial charge on any atom is -0.368 e. The van der Waals surface area contributed by atoms with Gasteiger partial charge in [0.1, 0.15) is 5.52 Å². The first-order valence-electron chi connectivity index (χ1n) is 3.87. The lowest BCUT2D eigenvalue weighted by Crippen LogP contribution is -2.15. The van der Waals surface area contributed by atoms with E-state index in [2.05, 4.69) is 20.9 Å². The van der Waals surface area contributed by atoms with Crippen LogP contribution >= 0.6 is 0 Å². The van der Waals surface area contributed by atoms with E-state index in [1.54, 1.807) is 0 Å². The molecule has 14 heavy (non-hydrogen) atoms. The number of fused-ring (bicyclic) bond motifs is 1. The molecule has 70 valence electrons. The van der Waals surface area contributed by atoms with Crippen LogP contribution in [-0.4, -0.2) is 19.5 Å². The second kappa shape index (κ2) is 2.88. The molecule has 0 amide bonds. The van der Waals surface area contributed by atoms with Crippen molar-refractivity contribution in [3.63, 3.8) is 0 Å². The van der Waals surface area contributed by atoms with Crippen molar-refractivity contribution in [2.45, 2.75) is 6.54 Å². The molecular formula is C8H7N5O. The summed E-state index contributed by atoms with van der Waals surface area (Å²) in [5.74, 6) is 2.49. The fourth-order valence-corrected chi connectivity index (χ4v) is 1.21. The van der Waals surface area contributed by atoms with Crippen LogP contribution in [0.15, 0.2) is 11.0 Å². The summed E-state index contributed by atoms with van der Waals surface area (Å²) in [6, 6.07) is 0. The number of nitrogens with two attached hydrogens (primary N) is 1. The first-order valence-corrected chi connectivity index (χ1v) is 3.87. The highest BCUT2D eigenvalue weighted by Gasteiger charge is 2.06. The van der Waals surface area contributed by atoms with E-state index in [1.807, 2.05) is 0 Å². The van der Waals surface area contributed by atoms with Gasteiger partial charge in [-0.05, 0) is 0 Å². The Morgan fingerprint density at radius 2 is 2.50 bits per heavy atom. The Hall–Kier alpha value is -2.29. The first-order chi connectivity index (χ1) is 6.72. The molecule has 0 bridgehead atoms. The lowest BCUT2D eigenvalue weighted by Gasteiger charge is -1.95. The first kappa shape index (κ1) is 8.31. The van der Waals surface area contributed by atoms with Crippen LogP contribution in [0.1, 0.15) is 0 Å². The topological polar surface area (TPSA) is 89.6 Å². The van der Waals surface area contributed by atoms with Gasteiger partial charge in [-0.1, -0.05) is 5.92 Å². The summed E-state index contributed by atoms with van der Waals surface area (Å²) in [4.78, 5) is 21.5. The molecule has 0 aliphatic heterocycles. The maximum Gasteiger partial charge on any atom is 0.328 e. The SMILES string of the molecule is C#CCn1c(=O)[nH]c2nc(N)ncc21. The van der Waals surface area contributed by atoms with Crippen molar-refractivity contribution >= 4 is 17.1 Å². The monoisotopic (exact) mass is 189 g/mol. The molecule has 0 fully saturated rings. The van der Waals surface area contributed by atoms with Crippen LogP contribution in [0.2, 0.25) is 0 Å². The summed E-state index contributed by atoms with van der Waals surface area (Å²) in [5.41, 5.74) is 6.01. The molecule has 2 aromatic rings. The number of H-pyrrole nitrogens is 1. The Morgan fingerprint density at radius 1 is 1.71 bits per heavy atom. The van der Waals surface area contributed by atoms with Crippen LogP contribution in [-0.2, 0) is 6.54 Å². The van der Waals surface area contributed by atoms with Crippen LogP contribution in [0.25, 0.3) is 11.2 Å². The van der Waals surface area contributed by atoms with Gasteiger partial charge in [0.25, 0.3) is 0 Å². The summed E-state index contributed by atoms with van der Waals surface area (Å²) in [6.45, 7) is 0.187. The standard InChI is InChI=1S/C8H7N5O/c1-2-3-13-5-4-10-7(9)11-6(5)12-8(13)14/h1,4H,3H2,(H3,9,10,11,12,14). The highest BCUT2D eigenvalue weighted by atomic mass is 16.1. The largest absolute Gasteiger partial charge is 0.368 e. The normalized spacial score (nSPS) is 10.2. The van der Waals surface area contributed by atoms with Gasteiger partial charge in [0.05, 0.1) is 12.7 Å². The van der Waals surface area contributed by atoms with E-state index in [0.29, 0.717) is 11.2 Å². The molecule has 2 aromatic heterocycles. The molecule has 0 saturated heterocycles. The van der Waals surface area contributed by atoms with Crippen molar-refractivity contribution in [2.24, 2.45) is 0 Å². The van der Waals surface area contributed by atoms with Gasteiger partial charge in [-0.25, -0.2) is 9.78 Å². The molecule has 0 atom stereocenters. The Morgan fingerprint density at radius 3 is 3.21 bits per heavy atom. The number of terminal acetylenes is 1. The highest BCUT2D eigenvalue weighted by molar-refractivity contribution is 5.70. The smallest absolute Gasteiger partial charge is 0.328 e. The van der Waals surface area contributed by atoms with Gasteiger partial charge >= 0.3 is 5.69 Å². The van der Waals surface area contributed by atoms with E-state index in [1.165, 1.54) is 10.8 Å². The number of imidazole rings is 1. The van der Waals surface area contributed by atoms with Crippen LogP contribution in [0.4, 0.5) is 5.95 Å². The molecule has 0 radical (unpaired) electrons. The molecule has 0 unspecified atom stereocenters. The Bertz CT molecular complexity index is 573. The van der Waals surface area contributed by atoms with E-state index in [-0.39, 0.29) is 18.2 Å². The Kier molecular flexibility index (Phi) is 1.71. The lowest BCUT2D eigenvalue weighted by atomic mass is 10.5. The minimum atomic E-state index is -0.308. The van der Waals surface area contributed by atoms with Gasteiger partial charge < -0.3 is 5.73 Å². The molecular weight excluding hydrogens is 182 g/mol. The van der Waals surface area contributed by atoms with Crippen LogP contribution in [0.3, 0.4) is 0 Å². The maximum absolute atomic E-state index is 11.3. The average Bonchev–Trinajstić information content (AvgIpc) is 2.43. The number of hydrogen-bond acceptors (Lipinski definition) is 4. The second-order valence-corrected chi connectivity index (χ2v) is 2.68. The molecule has 6 heteroatoms. The van der Waals surface area contributed by atoms with E-state index in [0.717, 1.165) is 0 Å². The molecule has 3 N–H and O–H groups in total. The fourth-order valence-electron chi connectivity index (χ4n) is 1.21. The zero-order chi connectivity index (χ0) is 10.1. The predicted molar refractivity (Wildman–Crippen MR) is 51.4 cm³/mol. The maximum atomic E-state index is 11.3. The molecule has 0 saturated carbocycles. The Labute approximate surface area is 78.8 Å². The third-order valence-corrected chi connectivity index (χ3v) is 1.80. The van der Waals surface area contributed by atoms with Gasteiger partial charge in [-0.3, -0.25) is 9.55 Å². The van der Waals surface area contributed by atoms with Crippen molar-refractivity contribution in [3.05, 3.63) is 16.7 Å². The van der Waals surface area contributed by atoms with Crippen LogP contribution in [0.5, 0.6) is 0 Å². The van der Waals surface area contributed by atoms with E-state index < -0.39 is 0 Å². The fraction of sp³-hybridized carbons (Fsp3) is 0.125. The zero-order valence-electron chi connectivity index (χ0n) is 7.19. The van der Waals surface area contributed by atoms with Gasteiger partial charge in [0.15, 0.2) is 5.65 Å². The van der Waals surface area contributed by atoms with E-state index in [4.69, 9.17) is 12.2 Å². The average molecular weight is 189 g/mol. The highest BCUT2D eigenvalue weighted by Crippen LogP contribution is 2.06. The van der Waals surface area contributed by atoms with Crippen LogP contribution in [0, 0.1) is 12.3 Å². The van der Waals surface area contributed by atoms with E-state index >= 15 is 0 Å². The number of hydrogen-bond donors (Lipinski definition) is 2. The van der Waals surface area contributed by atoms with Crippen molar-refractivity contribution < 1.29 is 0 Å². The summed E-state index contributed by atoms with van der Waals surface area (Å²) in [6.07, 6.45) is 6.59. The molecule has 6 nitrogen and oxygen atoms in total. The lowest BCUT2D eigenvalue weighted by molar-refractivity contribution is 0.825. The summed E-state index contributed by atoms with van der Waals surface area (Å²) in [5, 5.41) is 0. The third-order valence-electron chi connectivity index (χ3n) is 1.80. The van der Waals surface area contributed by atoms with Crippen molar-refractivity contribution in [1.29, 1.82) is 0 Å². The van der Waals surface area contributed by atoms with Crippen molar-refractivity contribution in [2.75, 3.05) is 5.73 Å².